The summed E-state index contributed by atoms with van der Waals surface area (Å²) in [4.78, 5) is -0.104. The molecule has 1 nitrogen and oxygen atoms in total. The average molecular weight is 122 g/mol. The van der Waals surface area contributed by atoms with Gasteiger partial charge in [-0.25, -0.2) is 0 Å². The molecule has 0 bridgehead atoms. The molecule has 0 saturated heterocycles. The average Bonchev–Trinajstić information content (AvgIpc) is 0.811. The van der Waals surface area contributed by atoms with E-state index < -0.39 is 0 Å². The van der Waals surface area contributed by atoms with Crippen LogP contribution in [0.25, 0.3) is 0 Å². The summed E-state index contributed by atoms with van der Waals surface area (Å²) >= 11 is 1.35. The minimum atomic E-state index is -0.104. The van der Waals surface area contributed by atoms with Crippen LogP contribution in [0.5, 0.6) is 0 Å². The van der Waals surface area contributed by atoms with Crippen LogP contribution >= 0.6 is 0 Å². The summed E-state index contributed by atoms with van der Waals surface area (Å²) in [6.07, 6.45) is 0. The minimum absolute atomic E-state index is 0.104. The summed E-state index contributed by atoms with van der Waals surface area (Å²) in [7, 11) is 0. The van der Waals surface area contributed by atoms with Crippen LogP contribution in [0.15, 0.2) is 0 Å². The third-order valence-electron chi connectivity index (χ3n) is 0. The molecule has 0 aromatic heterocycles. The standard InChI is InChI=1S/C2H7AsO/c1-2(3)4/h2,4H,3H2,1H3. The molecular formula is C2H7AsO. The van der Waals surface area contributed by atoms with Crippen LogP contribution in [0.3, 0.4) is 0 Å². The molecule has 0 saturated carbocycles. The summed E-state index contributed by atoms with van der Waals surface area (Å²) in [5, 5.41) is 8.08. The number of aliphatic hydroxyl groups excluding tert-OH is 1. The molecule has 0 fully saturated rings. The normalized spacial score (nSPS) is 15.8. The van der Waals surface area contributed by atoms with Gasteiger partial charge in [-0.1, -0.05) is 0 Å². The predicted octanol–water partition coefficient (Wildman–Crippen LogP) is -1.04. The molecule has 0 rings (SSSR count). The molecule has 2 atom stereocenters. The monoisotopic (exact) mass is 122 g/mol. The Balaban J connectivity index is 2.32. The Labute approximate surface area is 34.5 Å². The Morgan fingerprint density at radius 3 is 2.00 bits per heavy atom. The molecule has 2 unspecified atom stereocenters. The van der Waals surface area contributed by atoms with Gasteiger partial charge in [0.2, 0.25) is 0 Å². The summed E-state index contributed by atoms with van der Waals surface area (Å²) in [6.45, 7) is 1.75. The van der Waals surface area contributed by atoms with Crippen molar-refractivity contribution in [1.29, 1.82) is 0 Å². The van der Waals surface area contributed by atoms with Gasteiger partial charge >= 0.3 is 33.8 Å². The predicted molar refractivity (Wildman–Crippen MR) is 20.2 cm³/mol. The second-order valence-electron chi connectivity index (χ2n) is 0.741. The fourth-order valence-corrected chi connectivity index (χ4v) is 0. The van der Waals surface area contributed by atoms with E-state index in [0.29, 0.717) is 0 Å². The Hall–Kier alpha value is 0.518. The summed E-state index contributed by atoms with van der Waals surface area (Å²) < 4.78 is 0. The molecule has 0 aromatic carbocycles. The van der Waals surface area contributed by atoms with Gasteiger partial charge in [0.15, 0.2) is 0 Å². The van der Waals surface area contributed by atoms with Crippen LogP contribution in [0.4, 0.5) is 0 Å². The molecule has 0 aromatic rings. The number of aliphatic hydroxyl groups is 1. The van der Waals surface area contributed by atoms with Crippen molar-refractivity contribution in [2.24, 2.45) is 0 Å². The van der Waals surface area contributed by atoms with Crippen molar-refractivity contribution in [3.63, 3.8) is 0 Å². The van der Waals surface area contributed by atoms with Crippen molar-refractivity contribution in [2.75, 3.05) is 0 Å². The summed E-state index contributed by atoms with van der Waals surface area (Å²) in [6, 6.07) is 0. The molecule has 26 valence electrons. The molecule has 0 spiro atoms. The fraction of sp³-hybridized carbons (Fsp3) is 1.00. The van der Waals surface area contributed by atoms with Crippen molar-refractivity contribution < 1.29 is 5.11 Å². The SMILES string of the molecule is CC(O)[AsH2]. The third-order valence-corrected chi connectivity index (χ3v) is 0. The molecule has 0 radical (unpaired) electrons. The number of hydrogen-bond acceptors (Lipinski definition) is 1. The van der Waals surface area contributed by atoms with E-state index in [1.165, 1.54) is 16.9 Å². The van der Waals surface area contributed by atoms with Gasteiger partial charge in [0.1, 0.15) is 0 Å². The Kier molecular flexibility index (Phi) is 2.04. The van der Waals surface area contributed by atoms with Gasteiger partial charge in [-0.2, -0.15) is 0 Å². The van der Waals surface area contributed by atoms with Crippen LogP contribution in [0.2, 0.25) is 0 Å². The van der Waals surface area contributed by atoms with Crippen LogP contribution in [0.1, 0.15) is 6.92 Å². The van der Waals surface area contributed by atoms with Crippen molar-refractivity contribution in [2.45, 2.75) is 11.8 Å². The Morgan fingerprint density at radius 2 is 2.00 bits per heavy atom. The second-order valence-corrected chi connectivity index (χ2v) is 2.76. The molecular weight excluding hydrogens is 115 g/mol. The van der Waals surface area contributed by atoms with Gasteiger partial charge < -0.3 is 0 Å². The topological polar surface area (TPSA) is 20.2 Å². The van der Waals surface area contributed by atoms with Gasteiger partial charge in [0.25, 0.3) is 0 Å². The third kappa shape index (κ3) is 21.6. The summed E-state index contributed by atoms with van der Waals surface area (Å²) in [5.74, 6) is 0. The van der Waals surface area contributed by atoms with E-state index in [4.69, 9.17) is 5.11 Å². The molecule has 0 aliphatic heterocycles. The van der Waals surface area contributed by atoms with E-state index in [1.54, 1.807) is 6.92 Å². The van der Waals surface area contributed by atoms with Crippen molar-refractivity contribution >= 4 is 16.9 Å². The molecule has 0 aliphatic rings. The second kappa shape index (κ2) is 1.80. The molecule has 1 N–H and O–H groups in total. The van der Waals surface area contributed by atoms with E-state index in [2.05, 4.69) is 0 Å². The molecule has 0 heterocycles. The van der Waals surface area contributed by atoms with Gasteiger partial charge in [-0.3, -0.25) is 0 Å². The Morgan fingerprint density at radius 1 is 2.00 bits per heavy atom. The van der Waals surface area contributed by atoms with Crippen LogP contribution in [-0.4, -0.2) is 26.9 Å². The Bertz CT molecular complexity index is 10.8. The van der Waals surface area contributed by atoms with Crippen LogP contribution < -0.4 is 0 Å². The van der Waals surface area contributed by atoms with Crippen molar-refractivity contribution in [3.05, 3.63) is 0 Å². The van der Waals surface area contributed by atoms with E-state index in [0.717, 1.165) is 0 Å². The number of rotatable bonds is 0. The maximum absolute atomic E-state index is 8.08. The van der Waals surface area contributed by atoms with Crippen molar-refractivity contribution in [3.8, 4) is 0 Å². The molecule has 2 heteroatoms. The zero-order valence-corrected chi connectivity index (χ0v) is 5.02. The molecule has 0 aliphatic carbocycles. The van der Waals surface area contributed by atoms with Gasteiger partial charge in [0, 0.05) is 0 Å². The first kappa shape index (κ1) is 4.52. The molecule has 4 heavy (non-hydrogen) atoms. The van der Waals surface area contributed by atoms with Crippen LogP contribution in [0, 0.1) is 0 Å². The van der Waals surface area contributed by atoms with Crippen molar-refractivity contribution in [1.82, 2.24) is 0 Å². The molecule has 0 amide bonds. The van der Waals surface area contributed by atoms with Gasteiger partial charge in [0.05, 0.1) is 0 Å². The summed E-state index contributed by atoms with van der Waals surface area (Å²) in [5.41, 5.74) is 0. The first-order chi connectivity index (χ1) is 1.73. The maximum atomic E-state index is 8.08. The first-order valence-corrected chi connectivity index (χ1v) is 2.57. The quantitative estimate of drug-likeness (QED) is 0.407. The van der Waals surface area contributed by atoms with E-state index in [1.807, 2.05) is 0 Å². The zero-order chi connectivity index (χ0) is 3.58. The van der Waals surface area contributed by atoms with Gasteiger partial charge in [-0.15, -0.1) is 0 Å². The van der Waals surface area contributed by atoms with E-state index >= 15 is 0 Å². The van der Waals surface area contributed by atoms with Gasteiger partial charge in [-0.05, 0) is 0 Å². The number of hydrogen-bond donors (Lipinski definition) is 1. The fourth-order valence-electron chi connectivity index (χ4n) is 0. The van der Waals surface area contributed by atoms with E-state index in [-0.39, 0.29) is 4.89 Å². The van der Waals surface area contributed by atoms with E-state index in [9.17, 15) is 0 Å². The van der Waals surface area contributed by atoms with Crippen LogP contribution in [-0.2, 0) is 0 Å². The first-order valence-electron chi connectivity index (χ1n) is 1.17. The zero-order valence-electron chi connectivity index (χ0n) is 2.60.